The molecule has 228 valence electrons. The van der Waals surface area contributed by atoms with Crippen LogP contribution >= 0.6 is 23.5 Å². The van der Waals surface area contributed by atoms with Gasteiger partial charge in [0, 0.05) is 23.7 Å². The Morgan fingerprint density at radius 2 is 1.83 bits per heavy atom. The molecule has 2 heterocycles. The van der Waals surface area contributed by atoms with Gasteiger partial charge in [0.2, 0.25) is 6.29 Å². The van der Waals surface area contributed by atoms with E-state index in [2.05, 4.69) is 40.3 Å². The first kappa shape index (κ1) is 33.4. The molecule has 3 rings (SSSR count). The third-order valence-corrected chi connectivity index (χ3v) is 8.46. The van der Waals surface area contributed by atoms with Crippen molar-refractivity contribution in [1.29, 1.82) is 0 Å². The third kappa shape index (κ3) is 9.73. The van der Waals surface area contributed by atoms with E-state index in [9.17, 15) is 38.1 Å². The van der Waals surface area contributed by atoms with E-state index in [1.807, 2.05) is 0 Å². The summed E-state index contributed by atoms with van der Waals surface area (Å²) in [5.41, 5.74) is 5.45. The lowest BCUT2D eigenvalue weighted by molar-refractivity contribution is -0.339. The topological polar surface area (TPSA) is 306 Å². The summed E-state index contributed by atoms with van der Waals surface area (Å²) in [6, 6.07) is 5.81. The number of ether oxygens (including phenoxy) is 1. The van der Waals surface area contributed by atoms with Crippen LogP contribution in [0.5, 0.6) is 0 Å². The molecule has 0 saturated carbocycles. The Labute approximate surface area is 234 Å². The fourth-order valence-electron chi connectivity index (χ4n) is 3.14. The minimum absolute atomic E-state index is 0.00917. The fourth-order valence-corrected chi connectivity index (χ4v) is 5.95. The van der Waals surface area contributed by atoms with Crippen LogP contribution in [-0.4, -0.2) is 65.4 Å². The second-order valence-corrected chi connectivity index (χ2v) is 12.3. The largest absolute Gasteiger partial charge is 0.508 e. The molecule has 0 aliphatic carbocycles. The smallest absolute Gasteiger partial charge is 0.388 e. The van der Waals surface area contributed by atoms with Crippen LogP contribution in [0, 0.1) is 11.8 Å². The maximum Gasteiger partial charge on any atom is 0.508 e. The first-order valence-corrected chi connectivity index (χ1v) is 15.5. The average molecular weight is 654 g/mol. The summed E-state index contributed by atoms with van der Waals surface area (Å²) in [4.78, 5) is 78.9. The predicted molar refractivity (Wildman–Crippen MR) is 135 cm³/mol. The molecule has 0 radical (unpaired) electrons. The zero-order valence-electron chi connectivity index (χ0n) is 20.7. The Kier molecular flexibility index (Phi) is 10.7. The van der Waals surface area contributed by atoms with E-state index in [1.54, 1.807) is 0 Å². The number of hydrogen-bond donors (Lipinski definition) is 7. The van der Waals surface area contributed by atoms with Gasteiger partial charge in [-0.05, 0) is 12.1 Å². The molecular formula is C19H21N4O16P3. The van der Waals surface area contributed by atoms with Crippen LogP contribution in [0.25, 0.3) is 0 Å². The number of nitrogens with zero attached hydrogens (tertiary/aromatic N) is 2. The third-order valence-electron chi connectivity index (χ3n) is 4.86. The SMILES string of the molecule is Nc1nc(=O)n(C2CC(O)C(OOP(=O)(O)OP(=O)(O)OP(=O)(O)O)O2)cc1C#CCNC(=O)c1ccc(C=O)cc1. The molecule has 2 aromatic rings. The van der Waals surface area contributed by atoms with Crippen molar-refractivity contribution in [1.82, 2.24) is 14.9 Å². The van der Waals surface area contributed by atoms with Crippen molar-refractivity contribution in [3.8, 4) is 11.8 Å². The number of aldehydes is 1. The van der Waals surface area contributed by atoms with Gasteiger partial charge in [-0.2, -0.15) is 18.5 Å². The molecule has 1 aliphatic rings. The number of nitrogens with one attached hydrogen (secondary N) is 1. The number of nitrogens with two attached hydrogens (primary N) is 1. The number of carbonyl (C=O) groups is 2. The number of hydrogen-bond acceptors (Lipinski definition) is 14. The maximum absolute atomic E-state index is 12.4. The molecule has 1 saturated heterocycles. The van der Waals surface area contributed by atoms with E-state index in [1.165, 1.54) is 24.3 Å². The van der Waals surface area contributed by atoms with Crippen LogP contribution in [0.15, 0.2) is 35.3 Å². The Hall–Kier alpha value is -3.11. The van der Waals surface area contributed by atoms with Crippen molar-refractivity contribution in [3.05, 3.63) is 57.6 Å². The molecule has 1 aliphatic heterocycles. The van der Waals surface area contributed by atoms with E-state index in [-0.39, 0.29) is 29.9 Å². The Morgan fingerprint density at radius 1 is 1.17 bits per heavy atom. The van der Waals surface area contributed by atoms with Gasteiger partial charge in [-0.1, -0.05) is 24.0 Å². The van der Waals surface area contributed by atoms with E-state index in [0.29, 0.717) is 11.8 Å². The standard InChI is InChI=1S/C19H21N4O16P3/c20-16-13(2-1-7-21-17(26)12-5-3-11(10-24)4-6-12)9-23(19(27)22-16)15-8-14(25)18(35-15)36-37-41(31,32)39-42(33,34)38-40(28,29)30/h3-6,9-10,14-15,18,25H,7-8H2,(H,21,26)(H,31,32)(H,33,34)(H2,20,22,27)(H2,28,29,30). The highest BCUT2D eigenvalue weighted by Gasteiger charge is 2.44. The Balaban J connectivity index is 1.63. The van der Waals surface area contributed by atoms with Crippen LogP contribution in [0.3, 0.4) is 0 Å². The van der Waals surface area contributed by atoms with Crippen molar-refractivity contribution in [3.63, 3.8) is 0 Å². The molecule has 42 heavy (non-hydrogen) atoms. The number of carbonyl (C=O) groups excluding carboxylic acids is 2. The van der Waals surface area contributed by atoms with Crippen LogP contribution in [0.4, 0.5) is 5.82 Å². The summed E-state index contributed by atoms with van der Waals surface area (Å²) in [6.07, 6.45) is -3.50. The van der Waals surface area contributed by atoms with Gasteiger partial charge >= 0.3 is 29.2 Å². The molecule has 20 nitrogen and oxygen atoms in total. The monoisotopic (exact) mass is 654 g/mol. The molecule has 8 N–H and O–H groups in total. The minimum Gasteiger partial charge on any atom is -0.388 e. The maximum atomic E-state index is 12.4. The molecule has 0 bridgehead atoms. The summed E-state index contributed by atoms with van der Waals surface area (Å²) in [5, 5.41) is 12.7. The number of benzene rings is 1. The van der Waals surface area contributed by atoms with Crippen LogP contribution < -0.4 is 16.7 Å². The first-order chi connectivity index (χ1) is 19.5. The molecule has 5 unspecified atom stereocenters. The zero-order chi connectivity index (χ0) is 31.3. The zero-order valence-corrected chi connectivity index (χ0v) is 23.3. The second kappa shape index (κ2) is 13.5. The Bertz CT molecular complexity index is 1600. The number of aromatic nitrogens is 2. The van der Waals surface area contributed by atoms with Crippen molar-refractivity contribution in [2.45, 2.75) is 25.0 Å². The number of nitrogen functional groups attached to an aromatic ring is 1. The fraction of sp³-hybridized carbons (Fsp3) is 0.263. The van der Waals surface area contributed by atoms with Crippen LogP contribution in [-0.2, 0) is 36.6 Å². The highest BCUT2D eigenvalue weighted by atomic mass is 31.3. The van der Waals surface area contributed by atoms with Gasteiger partial charge < -0.3 is 40.5 Å². The summed E-state index contributed by atoms with van der Waals surface area (Å²) in [7, 11) is -17.1. The van der Waals surface area contributed by atoms with Gasteiger partial charge in [0.15, 0.2) is 0 Å². The van der Waals surface area contributed by atoms with Gasteiger partial charge in [0.25, 0.3) is 5.91 Å². The quantitative estimate of drug-likeness (QED) is 0.0518. The van der Waals surface area contributed by atoms with Crippen molar-refractivity contribution in [2.75, 3.05) is 12.3 Å². The lowest BCUT2D eigenvalue weighted by Gasteiger charge is -2.18. The molecule has 5 atom stereocenters. The average Bonchev–Trinajstić information content (AvgIpc) is 3.24. The lowest BCUT2D eigenvalue weighted by Crippen LogP contribution is -2.29. The van der Waals surface area contributed by atoms with Gasteiger partial charge in [0.05, 0.1) is 12.1 Å². The summed E-state index contributed by atoms with van der Waals surface area (Å²) < 4.78 is 50.9. The van der Waals surface area contributed by atoms with E-state index >= 15 is 0 Å². The summed E-state index contributed by atoms with van der Waals surface area (Å²) in [6.45, 7) is -0.151. The molecule has 1 aromatic heterocycles. The van der Waals surface area contributed by atoms with Crippen molar-refractivity contribution in [2.24, 2.45) is 0 Å². The van der Waals surface area contributed by atoms with Gasteiger partial charge in [-0.25, -0.2) is 18.5 Å². The minimum atomic E-state index is -5.82. The summed E-state index contributed by atoms with van der Waals surface area (Å²) in [5.74, 6) is 4.45. The molecule has 23 heteroatoms. The van der Waals surface area contributed by atoms with Gasteiger partial charge in [-0.15, -0.1) is 4.67 Å². The highest BCUT2D eigenvalue weighted by molar-refractivity contribution is 7.66. The lowest BCUT2D eigenvalue weighted by atomic mass is 10.1. The normalized spacial score (nSPS) is 21.4. The number of phosphoric acid groups is 3. The van der Waals surface area contributed by atoms with E-state index in [0.717, 1.165) is 10.8 Å². The predicted octanol–water partition coefficient (Wildman–Crippen LogP) is -0.700. The molecule has 1 amide bonds. The second-order valence-electron chi connectivity index (χ2n) is 7.98. The number of anilines is 1. The molecule has 1 fully saturated rings. The van der Waals surface area contributed by atoms with Crippen molar-refractivity contribution >= 4 is 41.5 Å². The number of aliphatic hydroxyl groups is 1. The van der Waals surface area contributed by atoms with E-state index in [4.69, 9.17) is 25.2 Å². The van der Waals surface area contributed by atoms with Gasteiger partial charge in [-0.3, -0.25) is 14.2 Å². The van der Waals surface area contributed by atoms with Crippen LogP contribution in [0.1, 0.15) is 38.9 Å². The molecule has 1 aromatic carbocycles. The Morgan fingerprint density at radius 3 is 2.45 bits per heavy atom. The first-order valence-electron chi connectivity index (χ1n) is 11.0. The number of rotatable bonds is 11. The number of amides is 1. The van der Waals surface area contributed by atoms with Crippen molar-refractivity contribution < 1.29 is 70.9 Å². The highest BCUT2D eigenvalue weighted by Crippen LogP contribution is 2.66. The van der Waals surface area contributed by atoms with Gasteiger partial charge in [0.1, 0.15) is 24.4 Å². The van der Waals surface area contributed by atoms with E-state index < -0.39 is 53.7 Å². The molecule has 0 spiro atoms. The van der Waals surface area contributed by atoms with Crippen LogP contribution in [0.2, 0.25) is 0 Å². The molecular weight excluding hydrogens is 633 g/mol. The number of aliphatic hydroxyl groups excluding tert-OH is 1. The summed E-state index contributed by atoms with van der Waals surface area (Å²) >= 11 is 0.